The molecule has 88 valence electrons. The van der Waals surface area contributed by atoms with Crippen molar-refractivity contribution in [2.45, 2.75) is 13.0 Å². The fraction of sp³-hybridized carbons (Fsp3) is 0.364. The highest BCUT2D eigenvalue weighted by Gasteiger charge is 2.18. The number of benzene rings is 1. The van der Waals surface area contributed by atoms with Crippen LogP contribution in [0, 0.1) is 0 Å². The second-order valence-corrected chi connectivity index (χ2v) is 3.26. The smallest absolute Gasteiger partial charge is 0.341 e. The van der Waals surface area contributed by atoms with Gasteiger partial charge < -0.3 is 19.7 Å². The van der Waals surface area contributed by atoms with Gasteiger partial charge in [-0.25, -0.2) is 4.79 Å². The van der Waals surface area contributed by atoms with Crippen molar-refractivity contribution in [2.75, 3.05) is 13.7 Å². The molecule has 16 heavy (non-hydrogen) atoms. The number of carbonyl (C=O) groups excluding carboxylic acids is 1. The largest absolute Gasteiger partial charge is 0.504 e. The van der Waals surface area contributed by atoms with Crippen LogP contribution in [0.2, 0.25) is 0 Å². The number of hydrogen-bond donors (Lipinski definition) is 2. The van der Waals surface area contributed by atoms with Crippen molar-refractivity contribution < 1.29 is 24.5 Å². The molecule has 2 N–H and O–H groups in total. The number of esters is 1. The van der Waals surface area contributed by atoms with Crippen LogP contribution < -0.4 is 4.74 Å². The van der Waals surface area contributed by atoms with Gasteiger partial charge in [-0.1, -0.05) is 6.07 Å². The number of hydrogen-bond acceptors (Lipinski definition) is 5. The van der Waals surface area contributed by atoms with E-state index in [1.165, 1.54) is 25.3 Å². The molecular formula is C11H14O5. The van der Waals surface area contributed by atoms with E-state index < -0.39 is 12.1 Å². The SMILES string of the molecule is COC(=O)c1cccc(O)c1O[C@@H](C)CO. The first kappa shape index (κ1) is 12.3. The summed E-state index contributed by atoms with van der Waals surface area (Å²) in [6.07, 6.45) is -0.517. The van der Waals surface area contributed by atoms with Gasteiger partial charge in [-0.15, -0.1) is 0 Å². The van der Waals surface area contributed by atoms with Crippen LogP contribution in [0.5, 0.6) is 11.5 Å². The number of para-hydroxylation sites is 1. The quantitative estimate of drug-likeness (QED) is 0.747. The van der Waals surface area contributed by atoms with E-state index in [0.717, 1.165) is 0 Å². The Morgan fingerprint density at radius 3 is 2.75 bits per heavy atom. The van der Waals surface area contributed by atoms with Gasteiger partial charge >= 0.3 is 5.97 Å². The number of rotatable bonds is 4. The Kier molecular flexibility index (Phi) is 4.13. The third-order valence-corrected chi connectivity index (χ3v) is 1.98. The summed E-state index contributed by atoms with van der Waals surface area (Å²) in [5, 5.41) is 18.4. The molecule has 5 nitrogen and oxygen atoms in total. The highest BCUT2D eigenvalue weighted by atomic mass is 16.5. The van der Waals surface area contributed by atoms with Crippen LogP contribution in [0.3, 0.4) is 0 Å². The van der Waals surface area contributed by atoms with E-state index in [9.17, 15) is 9.90 Å². The van der Waals surface area contributed by atoms with Gasteiger partial charge in [-0.3, -0.25) is 0 Å². The Morgan fingerprint density at radius 2 is 2.19 bits per heavy atom. The van der Waals surface area contributed by atoms with Crippen LogP contribution >= 0.6 is 0 Å². The number of carbonyl (C=O) groups is 1. The van der Waals surface area contributed by atoms with E-state index in [2.05, 4.69) is 4.74 Å². The van der Waals surface area contributed by atoms with Crippen LogP contribution in [0.1, 0.15) is 17.3 Å². The maximum Gasteiger partial charge on any atom is 0.341 e. The molecule has 1 rings (SSSR count). The van der Waals surface area contributed by atoms with Crippen LogP contribution in [0.25, 0.3) is 0 Å². The number of ether oxygens (including phenoxy) is 2. The van der Waals surface area contributed by atoms with Gasteiger partial charge in [-0.05, 0) is 19.1 Å². The van der Waals surface area contributed by atoms with E-state index >= 15 is 0 Å². The lowest BCUT2D eigenvalue weighted by atomic mass is 10.2. The van der Waals surface area contributed by atoms with E-state index in [4.69, 9.17) is 9.84 Å². The van der Waals surface area contributed by atoms with E-state index in [0.29, 0.717) is 0 Å². The van der Waals surface area contributed by atoms with Crippen LogP contribution in [-0.4, -0.2) is 36.0 Å². The summed E-state index contributed by atoms with van der Waals surface area (Å²) in [6.45, 7) is 1.41. The zero-order valence-electron chi connectivity index (χ0n) is 9.14. The summed E-state index contributed by atoms with van der Waals surface area (Å²) < 4.78 is 9.80. The molecule has 1 aromatic carbocycles. The predicted octanol–water partition coefficient (Wildman–Crippen LogP) is 0.938. The lowest BCUT2D eigenvalue weighted by Gasteiger charge is -2.15. The fourth-order valence-corrected chi connectivity index (χ4v) is 1.16. The van der Waals surface area contributed by atoms with Crippen LogP contribution in [0.15, 0.2) is 18.2 Å². The zero-order chi connectivity index (χ0) is 12.1. The third-order valence-electron chi connectivity index (χ3n) is 1.98. The van der Waals surface area contributed by atoms with Crippen molar-refractivity contribution in [3.8, 4) is 11.5 Å². The normalized spacial score (nSPS) is 11.9. The minimum Gasteiger partial charge on any atom is -0.504 e. The Bertz CT molecular complexity index is 375. The average molecular weight is 226 g/mol. The molecule has 0 aliphatic heterocycles. The molecule has 5 heteroatoms. The lowest BCUT2D eigenvalue weighted by molar-refractivity contribution is 0.0587. The van der Waals surface area contributed by atoms with Gasteiger partial charge in [0.15, 0.2) is 11.5 Å². The molecule has 0 saturated carbocycles. The van der Waals surface area contributed by atoms with Crippen molar-refractivity contribution in [1.29, 1.82) is 0 Å². The average Bonchev–Trinajstić information content (AvgIpc) is 2.30. The first-order valence-electron chi connectivity index (χ1n) is 4.78. The Morgan fingerprint density at radius 1 is 1.50 bits per heavy atom. The molecule has 0 fully saturated rings. The van der Waals surface area contributed by atoms with Crippen LogP contribution in [0.4, 0.5) is 0 Å². The number of phenolic OH excluding ortho intramolecular Hbond substituents is 1. The molecule has 1 aromatic rings. The van der Waals surface area contributed by atoms with E-state index in [1.54, 1.807) is 6.92 Å². The molecule has 0 unspecified atom stereocenters. The molecule has 0 heterocycles. The summed E-state index contributed by atoms with van der Waals surface area (Å²) in [7, 11) is 1.24. The van der Waals surface area contributed by atoms with Gasteiger partial charge in [0, 0.05) is 0 Å². The fourth-order valence-electron chi connectivity index (χ4n) is 1.16. The summed E-state index contributed by atoms with van der Waals surface area (Å²) in [6, 6.07) is 4.38. The summed E-state index contributed by atoms with van der Waals surface area (Å²) in [4.78, 5) is 11.4. The second-order valence-electron chi connectivity index (χ2n) is 3.26. The molecule has 0 radical (unpaired) electrons. The van der Waals surface area contributed by atoms with Crippen LogP contribution in [-0.2, 0) is 4.74 Å². The molecule has 0 saturated heterocycles. The molecule has 1 atom stereocenters. The second kappa shape index (κ2) is 5.37. The van der Waals surface area contributed by atoms with Crippen molar-refractivity contribution in [1.82, 2.24) is 0 Å². The monoisotopic (exact) mass is 226 g/mol. The van der Waals surface area contributed by atoms with Crippen molar-refractivity contribution in [3.05, 3.63) is 23.8 Å². The summed E-state index contributed by atoms with van der Waals surface area (Å²) >= 11 is 0. The van der Waals surface area contributed by atoms with Crippen molar-refractivity contribution >= 4 is 5.97 Å². The topological polar surface area (TPSA) is 76.0 Å². The van der Waals surface area contributed by atoms with Crippen molar-refractivity contribution in [3.63, 3.8) is 0 Å². The molecular weight excluding hydrogens is 212 g/mol. The van der Waals surface area contributed by atoms with E-state index in [1.807, 2.05) is 0 Å². The predicted molar refractivity (Wildman–Crippen MR) is 56.6 cm³/mol. The third kappa shape index (κ3) is 2.64. The Hall–Kier alpha value is -1.75. The zero-order valence-corrected chi connectivity index (χ0v) is 9.14. The molecule has 0 spiro atoms. The number of methoxy groups -OCH3 is 1. The molecule has 0 aliphatic carbocycles. The summed E-state index contributed by atoms with van der Waals surface area (Å²) in [5.74, 6) is -0.741. The molecule has 0 amide bonds. The van der Waals surface area contributed by atoms with Crippen molar-refractivity contribution in [2.24, 2.45) is 0 Å². The molecule has 0 aliphatic rings. The first-order valence-corrected chi connectivity index (χ1v) is 4.78. The van der Waals surface area contributed by atoms with Gasteiger partial charge in [0.05, 0.1) is 13.7 Å². The molecule has 0 bridgehead atoms. The maximum absolute atomic E-state index is 11.4. The number of aromatic hydroxyl groups is 1. The maximum atomic E-state index is 11.4. The minimum absolute atomic E-state index is 0.0240. The Labute approximate surface area is 93.2 Å². The minimum atomic E-state index is -0.601. The first-order chi connectivity index (χ1) is 7.60. The number of aliphatic hydroxyl groups is 1. The summed E-state index contributed by atoms with van der Waals surface area (Å²) in [5.41, 5.74) is 0.128. The highest BCUT2D eigenvalue weighted by molar-refractivity contribution is 5.93. The van der Waals surface area contributed by atoms with Gasteiger partial charge in [0.25, 0.3) is 0 Å². The number of phenols is 1. The van der Waals surface area contributed by atoms with E-state index in [-0.39, 0.29) is 23.7 Å². The Balaban J connectivity index is 3.08. The van der Waals surface area contributed by atoms with Gasteiger partial charge in [0.2, 0.25) is 0 Å². The molecule has 0 aromatic heterocycles. The highest BCUT2D eigenvalue weighted by Crippen LogP contribution is 2.31. The number of aliphatic hydroxyl groups excluding tert-OH is 1. The van der Waals surface area contributed by atoms with Gasteiger partial charge in [0.1, 0.15) is 11.7 Å². The lowest BCUT2D eigenvalue weighted by Crippen LogP contribution is -2.18. The standard InChI is InChI=1S/C11H14O5/c1-7(6-12)16-10-8(11(14)15-2)4-3-5-9(10)13/h3-5,7,12-13H,6H2,1-2H3/t7-/m0/s1. The van der Waals surface area contributed by atoms with Gasteiger partial charge in [-0.2, -0.15) is 0 Å².